The van der Waals surface area contributed by atoms with Crippen molar-refractivity contribution in [1.29, 1.82) is 0 Å². The van der Waals surface area contributed by atoms with E-state index in [1.165, 1.54) is 150 Å². The Bertz CT molecular complexity index is 4940. The van der Waals surface area contributed by atoms with Crippen molar-refractivity contribution in [3.05, 3.63) is 267 Å². The molecule has 0 spiro atoms. The highest BCUT2D eigenvalue weighted by Crippen LogP contribution is 2.51. The topological polar surface area (TPSA) is 9.86 Å². The number of fused-ring (bicyclic) bond motifs is 20. The highest BCUT2D eigenvalue weighted by molar-refractivity contribution is 7.27. The van der Waals surface area contributed by atoms with Gasteiger partial charge in [0.1, 0.15) is 0 Å². The number of hydrogen-bond acceptors (Lipinski definition) is 2. The molecule has 0 saturated heterocycles. The van der Waals surface area contributed by atoms with E-state index < -0.39 is 0 Å². The number of hydrogen-bond donors (Lipinski definition) is 0. The van der Waals surface area contributed by atoms with Gasteiger partial charge in [-0.2, -0.15) is 0 Å². The summed E-state index contributed by atoms with van der Waals surface area (Å²) in [7, 11) is 0. The Hall–Kier alpha value is -9.58. The second-order valence-corrected chi connectivity index (χ2v) is 22.8. The van der Waals surface area contributed by atoms with Gasteiger partial charge >= 0.3 is 0 Å². The Balaban J connectivity index is 0.838. The molecule has 0 aliphatic heterocycles. The second kappa shape index (κ2) is 17.0. The summed E-state index contributed by atoms with van der Waals surface area (Å²) in [5.74, 6) is 0. The van der Waals surface area contributed by atoms with Gasteiger partial charge in [0.25, 0.3) is 0 Å². The molecule has 0 atom stereocenters. The van der Waals surface area contributed by atoms with Gasteiger partial charge in [0.2, 0.25) is 0 Å². The van der Waals surface area contributed by atoms with Crippen LogP contribution in [-0.4, -0.2) is 9.13 Å². The van der Waals surface area contributed by atoms with Gasteiger partial charge in [0.05, 0.1) is 31.5 Å². The van der Waals surface area contributed by atoms with Crippen molar-refractivity contribution in [3.63, 3.8) is 0 Å². The van der Waals surface area contributed by atoms with Crippen LogP contribution in [0.25, 0.3) is 161 Å². The predicted molar refractivity (Wildman–Crippen MR) is 338 cm³/mol. The van der Waals surface area contributed by atoms with Crippen LogP contribution in [0.5, 0.6) is 0 Å². The maximum Gasteiger partial charge on any atom is 0.0726 e. The molecule has 2 nitrogen and oxygen atoms in total. The summed E-state index contributed by atoms with van der Waals surface area (Å²) in [4.78, 5) is 0. The summed E-state index contributed by atoms with van der Waals surface area (Å²) in [6.45, 7) is 0. The lowest BCUT2D eigenvalue weighted by molar-refractivity contribution is 1.19. The van der Waals surface area contributed by atoms with Crippen molar-refractivity contribution >= 4 is 128 Å². The molecule has 13 aromatic carbocycles. The molecule has 0 radical (unpaired) electrons. The lowest BCUT2D eigenvalue weighted by Crippen LogP contribution is -1.94. The van der Waals surface area contributed by atoms with Gasteiger partial charge in [-0.1, -0.05) is 206 Å². The minimum absolute atomic E-state index is 1.16. The third-order valence-electron chi connectivity index (χ3n) is 16.5. The maximum absolute atomic E-state index is 2.53. The summed E-state index contributed by atoms with van der Waals surface area (Å²) in [6, 6.07) is 99.1. The van der Waals surface area contributed by atoms with Gasteiger partial charge in [0, 0.05) is 63.9 Å². The van der Waals surface area contributed by atoms with Gasteiger partial charge < -0.3 is 9.13 Å². The molecule has 0 fully saturated rings. The van der Waals surface area contributed by atoms with Crippen LogP contribution in [0.2, 0.25) is 0 Å². The minimum atomic E-state index is 1.16. The summed E-state index contributed by atoms with van der Waals surface area (Å²) in [5.41, 5.74) is 16.9. The third kappa shape index (κ3) is 6.42. The molecule has 17 rings (SSSR count). The number of thiophene rings is 2. The SMILES string of the molecule is c1ccc(-c2ccc(-n3c4ccc(-c5ccc(-c6ccc7c(c6)c6c8ccccc8c8c9ccccc9sc8c6n7-c6ccc(-c7ccccc7)cc6)cc5)cc4c4c5ccccc5c5c6ccccc6sc5c43)cc2)cc1. The van der Waals surface area contributed by atoms with Crippen LogP contribution in [0.3, 0.4) is 0 Å². The molecule has 0 aliphatic carbocycles. The molecule has 0 amide bonds. The highest BCUT2D eigenvalue weighted by Gasteiger charge is 2.25. The molecule has 0 saturated carbocycles. The van der Waals surface area contributed by atoms with E-state index in [9.17, 15) is 0 Å². The zero-order valence-electron chi connectivity index (χ0n) is 42.1. The first-order valence-corrected chi connectivity index (χ1v) is 28.4. The van der Waals surface area contributed by atoms with E-state index in [0.29, 0.717) is 0 Å². The van der Waals surface area contributed by atoms with Crippen LogP contribution >= 0.6 is 22.7 Å². The van der Waals surface area contributed by atoms with Crippen molar-refractivity contribution in [2.75, 3.05) is 0 Å². The van der Waals surface area contributed by atoms with Crippen LogP contribution in [-0.2, 0) is 0 Å². The number of rotatable bonds is 6. The van der Waals surface area contributed by atoms with Gasteiger partial charge in [-0.25, -0.2) is 0 Å². The molecule has 362 valence electrons. The highest BCUT2D eigenvalue weighted by atomic mass is 32.1. The molecule has 0 bridgehead atoms. The van der Waals surface area contributed by atoms with E-state index in [4.69, 9.17) is 0 Å². The summed E-state index contributed by atoms with van der Waals surface area (Å²) < 4.78 is 10.3. The van der Waals surface area contributed by atoms with Gasteiger partial charge in [-0.05, 0) is 127 Å². The smallest absolute Gasteiger partial charge is 0.0726 e. The monoisotopic (exact) mass is 1020 g/mol. The number of benzene rings is 13. The van der Waals surface area contributed by atoms with E-state index in [-0.39, 0.29) is 0 Å². The van der Waals surface area contributed by atoms with Crippen molar-refractivity contribution in [2.24, 2.45) is 0 Å². The first kappa shape index (κ1) is 43.6. The van der Waals surface area contributed by atoms with E-state index in [0.717, 1.165) is 11.4 Å². The molecular formula is C74H44N2S2. The van der Waals surface area contributed by atoms with Crippen LogP contribution in [0.1, 0.15) is 0 Å². The van der Waals surface area contributed by atoms with Gasteiger partial charge in [-0.15, -0.1) is 22.7 Å². The first-order chi connectivity index (χ1) is 38.7. The van der Waals surface area contributed by atoms with Crippen molar-refractivity contribution in [2.45, 2.75) is 0 Å². The molecule has 0 unspecified atom stereocenters. The molecule has 0 N–H and O–H groups in total. The predicted octanol–water partition coefficient (Wildman–Crippen LogP) is 21.6. The standard InChI is InChI=1S/C74H44N2S2/c1-3-15-45(16-4-1)47-31-37-53(38-32-47)75-63-41-35-51(43-61(63)67-55-19-7-9-21-57(55)69-59-23-11-13-25-65(59)77-73(69)71(67)75)49-27-29-50(30-28-49)52-36-42-64-62(44-52)68-56-20-8-10-22-58(56)70-60-24-12-14-26-66(60)78-74(70)72(68)76(64)54-39-33-48(34-40-54)46-17-5-2-6-18-46/h1-44H. The molecular weight excluding hydrogens is 981 g/mol. The zero-order valence-corrected chi connectivity index (χ0v) is 43.7. The summed E-state index contributed by atoms with van der Waals surface area (Å²) in [5, 5.41) is 15.6. The first-order valence-electron chi connectivity index (χ1n) is 26.7. The lowest BCUT2D eigenvalue weighted by Gasteiger charge is -2.11. The van der Waals surface area contributed by atoms with Crippen molar-refractivity contribution in [3.8, 4) is 55.9 Å². The van der Waals surface area contributed by atoms with Crippen LogP contribution in [0.4, 0.5) is 0 Å². The fourth-order valence-corrected chi connectivity index (χ4v) is 15.5. The van der Waals surface area contributed by atoms with Crippen LogP contribution < -0.4 is 0 Å². The van der Waals surface area contributed by atoms with E-state index >= 15 is 0 Å². The molecule has 4 aromatic heterocycles. The Kier molecular flexibility index (Phi) is 9.49. The zero-order chi connectivity index (χ0) is 51.0. The number of aromatic nitrogens is 2. The number of nitrogens with zero attached hydrogens (tertiary/aromatic N) is 2. The summed E-state index contributed by atoms with van der Waals surface area (Å²) in [6.07, 6.45) is 0. The molecule has 78 heavy (non-hydrogen) atoms. The fraction of sp³-hybridized carbons (Fsp3) is 0. The van der Waals surface area contributed by atoms with Gasteiger partial charge in [0.15, 0.2) is 0 Å². The summed E-state index contributed by atoms with van der Waals surface area (Å²) >= 11 is 3.82. The maximum atomic E-state index is 2.53. The van der Waals surface area contributed by atoms with E-state index in [2.05, 4.69) is 276 Å². The quantitative estimate of drug-likeness (QED) is 0.157. The Morgan fingerprint density at radius 2 is 0.513 bits per heavy atom. The molecule has 4 heterocycles. The average Bonchev–Trinajstić information content (AvgIpc) is 4.48. The van der Waals surface area contributed by atoms with Crippen LogP contribution in [0.15, 0.2) is 267 Å². The second-order valence-electron chi connectivity index (χ2n) is 20.7. The third-order valence-corrected chi connectivity index (χ3v) is 18.9. The Morgan fingerprint density at radius 3 is 0.910 bits per heavy atom. The van der Waals surface area contributed by atoms with E-state index in [1.807, 2.05) is 22.7 Å². The van der Waals surface area contributed by atoms with Crippen LogP contribution in [0, 0.1) is 0 Å². The molecule has 0 aliphatic rings. The normalized spacial score (nSPS) is 12.1. The Labute approximate surface area is 457 Å². The lowest BCUT2D eigenvalue weighted by atomic mass is 9.95. The largest absolute Gasteiger partial charge is 0.308 e. The van der Waals surface area contributed by atoms with Crippen molar-refractivity contribution in [1.82, 2.24) is 9.13 Å². The Morgan fingerprint density at radius 1 is 0.218 bits per heavy atom. The van der Waals surface area contributed by atoms with E-state index in [1.54, 1.807) is 0 Å². The van der Waals surface area contributed by atoms with Gasteiger partial charge in [-0.3, -0.25) is 0 Å². The van der Waals surface area contributed by atoms with Crippen molar-refractivity contribution < 1.29 is 0 Å². The molecule has 4 heteroatoms. The molecule has 17 aromatic rings. The average molecular weight is 1030 g/mol. The fourth-order valence-electron chi connectivity index (χ4n) is 13.0. The minimum Gasteiger partial charge on any atom is -0.308 e.